The summed E-state index contributed by atoms with van der Waals surface area (Å²) in [6.07, 6.45) is -0.873. The Hall–Kier alpha value is 0.390. The minimum atomic E-state index is -1.05. The number of aliphatic carboxylic acids is 1. The maximum atomic E-state index is 10.1. The molecule has 2 N–H and O–H groups in total. The van der Waals surface area contributed by atoms with Crippen LogP contribution >= 0.6 is 31.9 Å². The SMILES string of the molecule is O=C(O)[C@H](Br)[C@@H](O)CBr. The van der Waals surface area contributed by atoms with E-state index in [9.17, 15) is 4.79 Å². The van der Waals surface area contributed by atoms with Gasteiger partial charge in [0.25, 0.3) is 0 Å². The van der Waals surface area contributed by atoms with Gasteiger partial charge >= 0.3 is 5.97 Å². The van der Waals surface area contributed by atoms with E-state index in [4.69, 9.17) is 10.2 Å². The standard InChI is InChI=1S/C4H6Br2O3/c5-1-2(7)3(6)4(8)9/h2-3,7H,1H2,(H,8,9)/t2-,3+/m0/s1. The van der Waals surface area contributed by atoms with Crippen LogP contribution in [0.3, 0.4) is 0 Å². The minimum Gasteiger partial charge on any atom is -0.480 e. The maximum Gasteiger partial charge on any atom is 0.319 e. The van der Waals surface area contributed by atoms with E-state index in [-0.39, 0.29) is 5.33 Å². The van der Waals surface area contributed by atoms with Gasteiger partial charge in [-0.15, -0.1) is 0 Å². The highest BCUT2D eigenvalue weighted by Gasteiger charge is 2.21. The number of carbonyl (C=O) groups is 1. The van der Waals surface area contributed by atoms with Crippen LogP contribution in [0.2, 0.25) is 0 Å². The number of carboxylic acid groups (broad SMARTS) is 1. The van der Waals surface area contributed by atoms with E-state index in [1.807, 2.05) is 0 Å². The van der Waals surface area contributed by atoms with Crippen molar-refractivity contribution in [1.29, 1.82) is 0 Å². The molecule has 0 aliphatic rings. The second-order valence-corrected chi connectivity index (χ2v) is 3.10. The number of halogens is 2. The highest BCUT2D eigenvalue weighted by molar-refractivity contribution is 9.10. The third-order valence-electron chi connectivity index (χ3n) is 0.732. The molecule has 54 valence electrons. The first-order valence-electron chi connectivity index (χ1n) is 2.20. The Bertz CT molecular complexity index is 106. The van der Waals surface area contributed by atoms with Crippen LogP contribution in [0.25, 0.3) is 0 Å². The predicted molar refractivity (Wildman–Crippen MR) is 40.2 cm³/mol. The molecule has 0 amide bonds. The number of hydrogen-bond donors (Lipinski definition) is 2. The van der Waals surface area contributed by atoms with Gasteiger partial charge in [0.1, 0.15) is 4.83 Å². The van der Waals surface area contributed by atoms with Gasteiger partial charge in [0.05, 0.1) is 6.10 Å². The van der Waals surface area contributed by atoms with Gasteiger partial charge in [0, 0.05) is 5.33 Å². The average molecular weight is 262 g/mol. The van der Waals surface area contributed by atoms with Crippen LogP contribution in [0.5, 0.6) is 0 Å². The van der Waals surface area contributed by atoms with E-state index in [0.29, 0.717) is 0 Å². The van der Waals surface area contributed by atoms with E-state index in [1.165, 1.54) is 0 Å². The fourth-order valence-electron chi connectivity index (χ4n) is 0.243. The predicted octanol–water partition coefficient (Wildman–Crippen LogP) is 0.590. The molecule has 0 aliphatic heterocycles. The van der Waals surface area contributed by atoms with Crippen molar-refractivity contribution in [2.24, 2.45) is 0 Å². The average Bonchev–Trinajstić information content (AvgIpc) is 1.84. The molecule has 0 fully saturated rings. The molecule has 5 heteroatoms. The summed E-state index contributed by atoms with van der Waals surface area (Å²) in [6.45, 7) is 0. The number of aliphatic hydroxyl groups is 1. The van der Waals surface area contributed by atoms with Gasteiger partial charge < -0.3 is 10.2 Å². The summed E-state index contributed by atoms with van der Waals surface area (Å²) in [4.78, 5) is 9.19. The molecule has 3 nitrogen and oxygen atoms in total. The highest BCUT2D eigenvalue weighted by Crippen LogP contribution is 2.07. The number of alkyl halides is 2. The van der Waals surface area contributed by atoms with E-state index < -0.39 is 16.9 Å². The quantitative estimate of drug-likeness (QED) is 0.732. The van der Waals surface area contributed by atoms with E-state index >= 15 is 0 Å². The monoisotopic (exact) mass is 260 g/mol. The zero-order valence-electron chi connectivity index (χ0n) is 4.42. The normalized spacial score (nSPS) is 16.8. The number of rotatable bonds is 3. The van der Waals surface area contributed by atoms with Crippen LogP contribution in [0.4, 0.5) is 0 Å². The largest absolute Gasteiger partial charge is 0.480 e. The lowest BCUT2D eigenvalue weighted by Crippen LogP contribution is -2.29. The molecule has 0 aliphatic carbocycles. The molecular formula is C4H6Br2O3. The van der Waals surface area contributed by atoms with Crippen LogP contribution in [-0.2, 0) is 4.79 Å². The molecule has 0 saturated heterocycles. The second-order valence-electron chi connectivity index (χ2n) is 1.46. The second kappa shape index (κ2) is 4.24. The van der Waals surface area contributed by atoms with Gasteiger partial charge in [0.15, 0.2) is 0 Å². The summed E-state index contributed by atoms with van der Waals surface area (Å²) in [5, 5.41) is 17.3. The number of hydrogen-bond acceptors (Lipinski definition) is 2. The zero-order chi connectivity index (χ0) is 7.44. The molecule has 0 aromatic rings. The maximum absolute atomic E-state index is 10.1. The molecule has 0 bridgehead atoms. The summed E-state index contributed by atoms with van der Waals surface area (Å²) in [5.41, 5.74) is 0. The summed E-state index contributed by atoms with van der Waals surface area (Å²) < 4.78 is 0. The third-order valence-corrected chi connectivity index (χ3v) is 2.40. The van der Waals surface area contributed by atoms with Crippen LogP contribution in [0.1, 0.15) is 0 Å². The molecule has 0 spiro atoms. The molecule has 0 heterocycles. The summed E-state index contributed by atoms with van der Waals surface area (Å²) >= 11 is 5.73. The molecule has 0 radical (unpaired) electrons. The molecule has 0 aromatic heterocycles. The number of aliphatic hydroxyl groups excluding tert-OH is 1. The van der Waals surface area contributed by atoms with Gasteiger partial charge in [0.2, 0.25) is 0 Å². The molecule has 0 saturated carbocycles. The topological polar surface area (TPSA) is 57.5 Å². The van der Waals surface area contributed by atoms with Gasteiger partial charge in [-0.1, -0.05) is 31.9 Å². The highest BCUT2D eigenvalue weighted by atomic mass is 79.9. The van der Waals surface area contributed by atoms with E-state index in [0.717, 1.165) is 0 Å². The minimum absolute atomic E-state index is 0.259. The van der Waals surface area contributed by atoms with Crippen LogP contribution in [0, 0.1) is 0 Å². The number of carboxylic acids is 1. The Morgan fingerprint density at radius 3 is 2.22 bits per heavy atom. The van der Waals surface area contributed by atoms with Crippen LogP contribution in [0.15, 0.2) is 0 Å². The first kappa shape index (κ1) is 9.39. The fraction of sp³-hybridized carbons (Fsp3) is 0.750. The van der Waals surface area contributed by atoms with E-state index in [1.54, 1.807) is 0 Å². The summed E-state index contributed by atoms with van der Waals surface area (Å²) in [7, 11) is 0. The fourth-order valence-corrected chi connectivity index (χ4v) is 1.31. The third kappa shape index (κ3) is 3.17. The smallest absolute Gasteiger partial charge is 0.319 e. The van der Waals surface area contributed by atoms with Crippen molar-refractivity contribution >= 4 is 37.8 Å². The molecule has 0 aromatic carbocycles. The van der Waals surface area contributed by atoms with Gasteiger partial charge in [-0.05, 0) is 0 Å². The zero-order valence-corrected chi connectivity index (χ0v) is 7.59. The molecule has 0 rings (SSSR count). The van der Waals surface area contributed by atoms with Crippen molar-refractivity contribution in [3.63, 3.8) is 0 Å². The Balaban J connectivity index is 3.72. The Labute approximate surface area is 69.3 Å². The first-order valence-corrected chi connectivity index (χ1v) is 4.24. The lowest BCUT2D eigenvalue weighted by atomic mass is 10.3. The molecule has 0 unspecified atom stereocenters. The van der Waals surface area contributed by atoms with Crippen molar-refractivity contribution in [2.45, 2.75) is 10.9 Å². The van der Waals surface area contributed by atoms with Crippen LogP contribution in [-0.4, -0.2) is 32.4 Å². The molecule has 9 heavy (non-hydrogen) atoms. The summed E-state index contributed by atoms with van der Waals surface area (Å²) in [6, 6.07) is 0. The van der Waals surface area contributed by atoms with Gasteiger partial charge in [-0.2, -0.15) is 0 Å². The van der Waals surface area contributed by atoms with Gasteiger partial charge in [-0.3, -0.25) is 4.79 Å². The van der Waals surface area contributed by atoms with Crippen molar-refractivity contribution in [1.82, 2.24) is 0 Å². The van der Waals surface area contributed by atoms with Crippen LogP contribution < -0.4 is 0 Å². The first-order chi connectivity index (χ1) is 4.09. The van der Waals surface area contributed by atoms with Crippen molar-refractivity contribution in [3.05, 3.63) is 0 Å². The molecular weight excluding hydrogens is 256 g/mol. The van der Waals surface area contributed by atoms with Gasteiger partial charge in [-0.25, -0.2) is 0 Å². The van der Waals surface area contributed by atoms with E-state index in [2.05, 4.69) is 31.9 Å². The lowest BCUT2D eigenvalue weighted by molar-refractivity contribution is -0.137. The Morgan fingerprint density at radius 2 is 2.11 bits per heavy atom. The lowest BCUT2D eigenvalue weighted by Gasteiger charge is -2.08. The van der Waals surface area contributed by atoms with Crippen molar-refractivity contribution < 1.29 is 15.0 Å². The molecule has 2 atom stereocenters. The summed E-state index contributed by atoms with van der Waals surface area (Å²) in [5.74, 6) is -1.05. The Kier molecular flexibility index (Phi) is 4.43. The van der Waals surface area contributed by atoms with Crippen molar-refractivity contribution in [3.8, 4) is 0 Å². The Morgan fingerprint density at radius 1 is 1.67 bits per heavy atom. The van der Waals surface area contributed by atoms with Crippen molar-refractivity contribution in [2.75, 3.05) is 5.33 Å².